The lowest BCUT2D eigenvalue weighted by Crippen LogP contribution is -2.40. The second-order valence-electron chi connectivity index (χ2n) is 10.3. The van der Waals surface area contributed by atoms with Crippen LogP contribution in [0.2, 0.25) is 0 Å². The van der Waals surface area contributed by atoms with Crippen LogP contribution in [0.25, 0.3) is 22.1 Å². The topological polar surface area (TPSA) is 83.7 Å². The molecule has 4 heterocycles. The molecule has 0 bridgehead atoms. The average Bonchev–Trinajstić information content (AvgIpc) is 3.73. The number of halogens is 1. The number of hydrogen-bond donors (Lipinski definition) is 0. The first-order valence-electron chi connectivity index (χ1n) is 13.4. The minimum absolute atomic E-state index is 0.111. The SMILES string of the molecule is O=C(CCc1cccc(-c2ccc(N3CCCC3)nc2)c1)C1CCCN1S(=O)(=O)c1cc2cc(F)ccc2o1. The summed E-state index contributed by atoms with van der Waals surface area (Å²) in [5.74, 6) is 0.421. The fourth-order valence-corrected chi connectivity index (χ4v) is 7.24. The van der Waals surface area contributed by atoms with E-state index in [2.05, 4.69) is 28.1 Å². The molecule has 202 valence electrons. The summed E-state index contributed by atoms with van der Waals surface area (Å²) in [6, 6.07) is 16.6. The Balaban J connectivity index is 1.13. The summed E-state index contributed by atoms with van der Waals surface area (Å²) in [6.45, 7) is 2.35. The van der Waals surface area contributed by atoms with Gasteiger partial charge in [0.1, 0.15) is 17.2 Å². The van der Waals surface area contributed by atoms with E-state index in [1.165, 1.54) is 41.4 Å². The first kappa shape index (κ1) is 25.7. The Hall–Kier alpha value is -3.56. The molecule has 0 radical (unpaired) electrons. The summed E-state index contributed by atoms with van der Waals surface area (Å²) < 4.78 is 47.1. The van der Waals surface area contributed by atoms with Gasteiger partial charge in [0.05, 0.1) is 6.04 Å². The van der Waals surface area contributed by atoms with E-state index in [0.717, 1.165) is 35.6 Å². The number of anilines is 1. The normalized spacial score (nSPS) is 18.3. The van der Waals surface area contributed by atoms with E-state index in [0.29, 0.717) is 24.6 Å². The number of ketones is 1. The molecule has 0 saturated carbocycles. The molecule has 0 aliphatic carbocycles. The molecule has 0 N–H and O–H groups in total. The molecular weight excluding hydrogens is 517 g/mol. The van der Waals surface area contributed by atoms with Crippen molar-refractivity contribution >= 4 is 32.6 Å². The van der Waals surface area contributed by atoms with Crippen molar-refractivity contribution in [3.63, 3.8) is 0 Å². The van der Waals surface area contributed by atoms with E-state index in [1.807, 2.05) is 24.4 Å². The molecule has 2 aromatic carbocycles. The lowest BCUT2D eigenvalue weighted by Gasteiger charge is -2.21. The summed E-state index contributed by atoms with van der Waals surface area (Å²) in [5.41, 5.74) is 3.35. The molecule has 2 aliphatic heterocycles. The van der Waals surface area contributed by atoms with Crippen LogP contribution < -0.4 is 4.90 Å². The van der Waals surface area contributed by atoms with Gasteiger partial charge in [0.25, 0.3) is 10.0 Å². The molecule has 2 fully saturated rings. The number of sulfonamides is 1. The standard InChI is InChI=1S/C30H30FN3O4S/c31-25-10-12-28-24(18-25)19-30(38-28)39(36,37)34-16-4-7-26(34)27(35)11-8-21-5-3-6-22(17-21)23-9-13-29(32-20-23)33-14-1-2-15-33/h3,5-6,9-10,12-13,17-20,26H,1-2,4,7-8,11,14-16H2. The van der Waals surface area contributed by atoms with Crippen LogP contribution >= 0.6 is 0 Å². The largest absolute Gasteiger partial charge is 0.443 e. The van der Waals surface area contributed by atoms with Gasteiger partial charge in [-0.25, -0.2) is 17.8 Å². The average molecular weight is 548 g/mol. The fraction of sp³-hybridized carbons (Fsp3) is 0.333. The Labute approximate surface area is 227 Å². The number of rotatable bonds is 8. The molecule has 7 nitrogen and oxygen atoms in total. The van der Waals surface area contributed by atoms with E-state index in [4.69, 9.17) is 4.42 Å². The Bertz CT molecular complexity index is 1610. The molecule has 1 unspecified atom stereocenters. The minimum Gasteiger partial charge on any atom is -0.443 e. The molecule has 2 aliphatic rings. The molecule has 4 aromatic rings. The maximum atomic E-state index is 13.6. The van der Waals surface area contributed by atoms with Gasteiger partial charge >= 0.3 is 0 Å². The first-order valence-corrected chi connectivity index (χ1v) is 14.9. The molecular formula is C30H30FN3O4S. The number of carbonyl (C=O) groups excluding carboxylic acids is 1. The Morgan fingerprint density at radius 3 is 2.62 bits per heavy atom. The number of aromatic nitrogens is 1. The van der Waals surface area contributed by atoms with Crippen LogP contribution in [0, 0.1) is 5.82 Å². The predicted molar refractivity (Wildman–Crippen MR) is 148 cm³/mol. The van der Waals surface area contributed by atoms with Crippen molar-refractivity contribution in [1.82, 2.24) is 9.29 Å². The first-order chi connectivity index (χ1) is 18.9. The second kappa shape index (κ2) is 10.5. The highest BCUT2D eigenvalue weighted by Crippen LogP contribution is 2.31. The van der Waals surface area contributed by atoms with E-state index < -0.39 is 21.9 Å². The van der Waals surface area contributed by atoms with Gasteiger partial charge in [-0.05, 0) is 73.6 Å². The third-order valence-electron chi connectivity index (χ3n) is 7.69. The Kier molecular flexibility index (Phi) is 6.95. The van der Waals surface area contributed by atoms with Crippen LogP contribution in [0.15, 0.2) is 76.4 Å². The highest BCUT2D eigenvalue weighted by Gasteiger charge is 2.40. The van der Waals surface area contributed by atoms with Crippen molar-refractivity contribution < 1.29 is 22.0 Å². The number of Topliss-reactive ketones (excluding diaryl/α,β-unsaturated/α-hetero) is 1. The van der Waals surface area contributed by atoms with Crippen molar-refractivity contribution in [3.8, 4) is 11.1 Å². The third-order valence-corrected chi connectivity index (χ3v) is 9.46. The molecule has 39 heavy (non-hydrogen) atoms. The quantitative estimate of drug-likeness (QED) is 0.286. The van der Waals surface area contributed by atoms with Gasteiger partial charge in [-0.2, -0.15) is 4.31 Å². The number of carbonyl (C=O) groups is 1. The highest BCUT2D eigenvalue weighted by molar-refractivity contribution is 7.89. The van der Waals surface area contributed by atoms with Gasteiger partial charge in [-0.1, -0.05) is 24.3 Å². The van der Waals surface area contributed by atoms with Gasteiger partial charge in [-0.3, -0.25) is 4.79 Å². The monoisotopic (exact) mass is 547 g/mol. The van der Waals surface area contributed by atoms with E-state index in [9.17, 15) is 17.6 Å². The van der Waals surface area contributed by atoms with Crippen molar-refractivity contribution in [3.05, 3.63) is 78.2 Å². The van der Waals surface area contributed by atoms with Crippen molar-refractivity contribution in [2.45, 2.75) is 49.7 Å². The van der Waals surface area contributed by atoms with Gasteiger partial charge < -0.3 is 9.32 Å². The van der Waals surface area contributed by atoms with Crippen LogP contribution in [0.5, 0.6) is 0 Å². The lowest BCUT2D eigenvalue weighted by molar-refractivity contribution is -0.122. The predicted octanol–water partition coefficient (Wildman–Crippen LogP) is 5.59. The number of aryl methyl sites for hydroxylation is 1. The van der Waals surface area contributed by atoms with Crippen LogP contribution in [-0.2, 0) is 21.2 Å². The number of furan rings is 1. The fourth-order valence-electron chi connectivity index (χ4n) is 5.61. The highest BCUT2D eigenvalue weighted by atomic mass is 32.2. The number of hydrogen-bond acceptors (Lipinski definition) is 6. The summed E-state index contributed by atoms with van der Waals surface area (Å²) in [7, 11) is -4.03. The van der Waals surface area contributed by atoms with E-state index in [-0.39, 0.29) is 29.4 Å². The summed E-state index contributed by atoms with van der Waals surface area (Å²) >= 11 is 0. The zero-order valence-electron chi connectivity index (χ0n) is 21.6. The third kappa shape index (κ3) is 5.21. The zero-order chi connectivity index (χ0) is 27.0. The minimum atomic E-state index is -4.03. The van der Waals surface area contributed by atoms with E-state index in [1.54, 1.807) is 0 Å². The summed E-state index contributed by atoms with van der Waals surface area (Å²) in [4.78, 5) is 20.2. The van der Waals surface area contributed by atoms with Crippen LogP contribution in [0.4, 0.5) is 10.2 Å². The maximum Gasteiger partial charge on any atom is 0.277 e. The number of pyridine rings is 1. The molecule has 6 rings (SSSR count). The Morgan fingerprint density at radius 1 is 0.974 bits per heavy atom. The number of benzene rings is 2. The van der Waals surface area contributed by atoms with Gasteiger partial charge in [0.2, 0.25) is 5.09 Å². The molecule has 0 amide bonds. The molecule has 2 saturated heterocycles. The van der Waals surface area contributed by atoms with E-state index >= 15 is 0 Å². The van der Waals surface area contributed by atoms with Crippen molar-refractivity contribution in [2.75, 3.05) is 24.5 Å². The lowest BCUT2D eigenvalue weighted by atomic mass is 9.99. The van der Waals surface area contributed by atoms with Gasteiger partial charge in [0.15, 0.2) is 5.78 Å². The van der Waals surface area contributed by atoms with Gasteiger partial charge in [0, 0.05) is 49.3 Å². The van der Waals surface area contributed by atoms with Crippen molar-refractivity contribution in [1.29, 1.82) is 0 Å². The van der Waals surface area contributed by atoms with Gasteiger partial charge in [-0.15, -0.1) is 0 Å². The van der Waals surface area contributed by atoms with Crippen LogP contribution in [0.1, 0.15) is 37.7 Å². The smallest absolute Gasteiger partial charge is 0.277 e. The molecule has 2 aromatic heterocycles. The number of fused-ring (bicyclic) bond motifs is 1. The van der Waals surface area contributed by atoms with Crippen molar-refractivity contribution in [2.24, 2.45) is 0 Å². The maximum absolute atomic E-state index is 13.6. The molecule has 0 spiro atoms. The van der Waals surface area contributed by atoms with Crippen LogP contribution in [-0.4, -0.2) is 49.2 Å². The second-order valence-corrected chi connectivity index (χ2v) is 12.1. The summed E-state index contributed by atoms with van der Waals surface area (Å²) in [6.07, 6.45) is 6.12. The molecule has 1 atom stereocenters. The number of nitrogens with zero attached hydrogens (tertiary/aromatic N) is 3. The van der Waals surface area contributed by atoms with Crippen LogP contribution in [0.3, 0.4) is 0 Å². The zero-order valence-corrected chi connectivity index (χ0v) is 22.4. The molecule has 9 heteroatoms. The summed E-state index contributed by atoms with van der Waals surface area (Å²) in [5, 5.41) is 0.108. The Morgan fingerprint density at radius 2 is 1.82 bits per heavy atom.